The number of carbonyl (C=O) groups is 2. The number of methoxy groups -OCH3 is 1. The van der Waals surface area contributed by atoms with Crippen LogP contribution in [0.1, 0.15) is 21.3 Å². The number of anilines is 1. The zero-order valence-electron chi connectivity index (χ0n) is 14.1. The van der Waals surface area contributed by atoms with E-state index in [4.69, 9.17) is 4.74 Å². The second-order valence-electron chi connectivity index (χ2n) is 5.51. The lowest BCUT2D eigenvalue weighted by molar-refractivity contribution is -0.118. The monoisotopic (exact) mass is 366 g/mol. The fourth-order valence-electron chi connectivity index (χ4n) is 2.41. The molecule has 132 valence electrons. The predicted octanol–water partition coefficient (Wildman–Crippen LogP) is 3.87. The molecule has 2 amide bonds. The number of hydrogen-bond donors (Lipinski definition) is 2. The summed E-state index contributed by atoms with van der Waals surface area (Å²) in [6.07, 6.45) is 0. The van der Waals surface area contributed by atoms with Gasteiger partial charge >= 0.3 is 0 Å². The Labute approximate surface area is 155 Å². The molecule has 3 rings (SSSR count). The van der Waals surface area contributed by atoms with E-state index in [0.29, 0.717) is 17.0 Å². The molecule has 1 heterocycles. The number of amides is 2. The van der Waals surface area contributed by atoms with Crippen LogP contribution in [0.2, 0.25) is 0 Å². The molecule has 2 N–H and O–H groups in total. The molecule has 26 heavy (non-hydrogen) atoms. The summed E-state index contributed by atoms with van der Waals surface area (Å²) in [5.41, 5.74) is 1.14. The third kappa shape index (κ3) is 4.29. The Morgan fingerprint density at radius 1 is 0.962 bits per heavy atom. The minimum atomic E-state index is -0.773. The van der Waals surface area contributed by atoms with Gasteiger partial charge in [-0.05, 0) is 47.8 Å². The van der Waals surface area contributed by atoms with Crippen LogP contribution in [0.3, 0.4) is 0 Å². The van der Waals surface area contributed by atoms with Gasteiger partial charge in [-0.25, -0.2) is 0 Å². The molecule has 0 bridgehead atoms. The maximum absolute atomic E-state index is 12.8. The molecule has 0 aliphatic rings. The van der Waals surface area contributed by atoms with Gasteiger partial charge in [-0.1, -0.05) is 24.3 Å². The first kappa shape index (κ1) is 17.7. The van der Waals surface area contributed by atoms with Crippen LogP contribution in [-0.2, 0) is 4.79 Å². The molecule has 0 radical (unpaired) electrons. The van der Waals surface area contributed by atoms with Gasteiger partial charge in [0.25, 0.3) is 11.8 Å². The average Bonchev–Trinajstić information content (AvgIpc) is 3.21. The summed E-state index contributed by atoms with van der Waals surface area (Å²) in [4.78, 5) is 26.0. The van der Waals surface area contributed by atoms with Crippen molar-refractivity contribution in [3.63, 3.8) is 0 Å². The quantitative estimate of drug-likeness (QED) is 0.696. The molecule has 3 aromatic rings. The van der Waals surface area contributed by atoms with Gasteiger partial charge < -0.3 is 15.4 Å². The first-order valence-electron chi connectivity index (χ1n) is 8.01. The Hall–Kier alpha value is -3.12. The lowest BCUT2D eigenvalue weighted by Gasteiger charge is -2.17. The van der Waals surface area contributed by atoms with Gasteiger partial charge in [0, 0.05) is 16.1 Å². The van der Waals surface area contributed by atoms with Crippen LogP contribution in [0, 0.1) is 0 Å². The Balaban J connectivity index is 1.77. The molecule has 6 heteroatoms. The van der Waals surface area contributed by atoms with E-state index in [0.717, 1.165) is 4.88 Å². The van der Waals surface area contributed by atoms with E-state index in [1.807, 2.05) is 23.6 Å². The molecule has 0 aliphatic carbocycles. The summed E-state index contributed by atoms with van der Waals surface area (Å²) in [6.45, 7) is 0. The molecule has 2 aromatic carbocycles. The molecule has 1 unspecified atom stereocenters. The summed E-state index contributed by atoms with van der Waals surface area (Å²) >= 11 is 1.42. The van der Waals surface area contributed by atoms with Crippen LogP contribution in [0.5, 0.6) is 5.75 Å². The number of carbonyl (C=O) groups excluding carboxylic acids is 2. The maximum Gasteiger partial charge on any atom is 0.252 e. The fraction of sp³-hybridized carbons (Fsp3) is 0.100. The lowest BCUT2D eigenvalue weighted by atomic mass is 10.1. The number of benzene rings is 2. The summed E-state index contributed by atoms with van der Waals surface area (Å²) in [7, 11) is 1.58. The van der Waals surface area contributed by atoms with Crippen molar-refractivity contribution in [2.75, 3.05) is 12.4 Å². The van der Waals surface area contributed by atoms with Crippen LogP contribution in [0.25, 0.3) is 0 Å². The third-order valence-electron chi connectivity index (χ3n) is 3.76. The van der Waals surface area contributed by atoms with Crippen LogP contribution in [0.15, 0.2) is 72.1 Å². The van der Waals surface area contributed by atoms with Crippen LogP contribution < -0.4 is 15.4 Å². The maximum atomic E-state index is 12.8. The normalized spacial score (nSPS) is 11.4. The summed E-state index contributed by atoms with van der Waals surface area (Å²) in [5.74, 6) is 0.103. The molecule has 0 saturated carbocycles. The first-order chi connectivity index (χ1) is 12.7. The first-order valence-corrected chi connectivity index (χ1v) is 8.89. The largest absolute Gasteiger partial charge is 0.497 e. The van der Waals surface area contributed by atoms with Gasteiger partial charge in [-0.2, -0.15) is 0 Å². The molecule has 0 spiro atoms. The highest BCUT2D eigenvalue weighted by molar-refractivity contribution is 7.10. The summed E-state index contributed by atoms with van der Waals surface area (Å²) < 4.78 is 5.11. The minimum Gasteiger partial charge on any atom is -0.497 e. The zero-order chi connectivity index (χ0) is 18.4. The van der Waals surface area contributed by atoms with Crippen molar-refractivity contribution in [3.8, 4) is 5.75 Å². The van der Waals surface area contributed by atoms with Gasteiger partial charge in [-0.3, -0.25) is 9.59 Å². The van der Waals surface area contributed by atoms with Crippen molar-refractivity contribution < 1.29 is 14.3 Å². The van der Waals surface area contributed by atoms with Crippen molar-refractivity contribution in [2.24, 2.45) is 0 Å². The highest BCUT2D eigenvalue weighted by Crippen LogP contribution is 2.22. The number of thiophene rings is 1. The van der Waals surface area contributed by atoms with E-state index in [1.165, 1.54) is 11.3 Å². The van der Waals surface area contributed by atoms with Crippen LogP contribution >= 0.6 is 11.3 Å². The molecule has 0 saturated heterocycles. The minimum absolute atomic E-state index is 0.297. The predicted molar refractivity (Wildman–Crippen MR) is 103 cm³/mol. The smallest absolute Gasteiger partial charge is 0.252 e. The Morgan fingerprint density at radius 3 is 2.31 bits per heavy atom. The second kappa shape index (κ2) is 8.31. The topological polar surface area (TPSA) is 67.4 Å². The van der Waals surface area contributed by atoms with Crippen molar-refractivity contribution in [3.05, 3.63) is 82.6 Å². The van der Waals surface area contributed by atoms with Crippen LogP contribution in [-0.4, -0.2) is 18.9 Å². The number of ether oxygens (including phenoxy) is 1. The highest BCUT2D eigenvalue weighted by Gasteiger charge is 2.24. The molecule has 0 aliphatic heterocycles. The van der Waals surface area contributed by atoms with Crippen molar-refractivity contribution >= 4 is 28.8 Å². The highest BCUT2D eigenvalue weighted by atomic mass is 32.1. The Morgan fingerprint density at radius 2 is 1.69 bits per heavy atom. The van der Waals surface area contributed by atoms with E-state index >= 15 is 0 Å². The molecule has 5 nitrogen and oxygen atoms in total. The fourth-order valence-corrected chi connectivity index (χ4v) is 3.19. The zero-order valence-corrected chi connectivity index (χ0v) is 15.0. The van der Waals surface area contributed by atoms with Crippen molar-refractivity contribution in [1.29, 1.82) is 0 Å². The SMILES string of the molecule is COc1ccc(NC(=O)C(NC(=O)c2ccccc2)c2cccs2)cc1. The Kier molecular flexibility index (Phi) is 5.66. The second-order valence-corrected chi connectivity index (χ2v) is 6.48. The van der Waals surface area contributed by atoms with Gasteiger partial charge in [0.2, 0.25) is 0 Å². The standard InChI is InChI=1S/C20H18N2O3S/c1-25-16-11-9-15(10-12-16)21-20(24)18(17-8-5-13-26-17)22-19(23)14-6-3-2-4-7-14/h2-13,18H,1H3,(H,21,24)(H,22,23). The summed E-state index contributed by atoms with van der Waals surface area (Å²) in [5, 5.41) is 7.52. The van der Waals surface area contributed by atoms with E-state index in [1.54, 1.807) is 55.6 Å². The molecular formula is C20H18N2O3S. The lowest BCUT2D eigenvalue weighted by Crippen LogP contribution is -2.36. The van der Waals surface area contributed by atoms with E-state index in [9.17, 15) is 9.59 Å². The van der Waals surface area contributed by atoms with E-state index < -0.39 is 6.04 Å². The number of nitrogens with one attached hydrogen (secondary N) is 2. The Bertz CT molecular complexity index is 862. The third-order valence-corrected chi connectivity index (χ3v) is 4.70. The molecule has 0 fully saturated rings. The van der Waals surface area contributed by atoms with Gasteiger partial charge in [-0.15, -0.1) is 11.3 Å². The van der Waals surface area contributed by atoms with E-state index in [2.05, 4.69) is 10.6 Å². The van der Waals surface area contributed by atoms with Gasteiger partial charge in [0.1, 0.15) is 11.8 Å². The molecular weight excluding hydrogens is 348 g/mol. The van der Waals surface area contributed by atoms with Gasteiger partial charge in [0.05, 0.1) is 7.11 Å². The van der Waals surface area contributed by atoms with Gasteiger partial charge in [0.15, 0.2) is 0 Å². The number of rotatable bonds is 6. The van der Waals surface area contributed by atoms with Crippen molar-refractivity contribution in [2.45, 2.75) is 6.04 Å². The summed E-state index contributed by atoms with van der Waals surface area (Å²) in [6, 6.07) is 18.8. The molecule has 1 atom stereocenters. The van der Waals surface area contributed by atoms with Crippen molar-refractivity contribution in [1.82, 2.24) is 5.32 Å². The number of hydrogen-bond acceptors (Lipinski definition) is 4. The van der Waals surface area contributed by atoms with Crippen LogP contribution in [0.4, 0.5) is 5.69 Å². The van der Waals surface area contributed by atoms with E-state index in [-0.39, 0.29) is 11.8 Å². The average molecular weight is 366 g/mol. The molecule has 1 aromatic heterocycles.